The van der Waals surface area contributed by atoms with Crippen LogP contribution in [0.1, 0.15) is 77.6 Å². The molecule has 0 radical (unpaired) electrons. The molecule has 0 aromatic heterocycles. The third kappa shape index (κ3) is 4.56. The highest BCUT2D eigenvalue weighted by Crippen LogP contribution is 2.54. The molecule has 28 heavy (non-hydrogen) atoms. The Morgan fingerprint density at radius 2 is 1.79 bits per heavy atom. The van der Waals surface area contributed by atoms with Crippen molar-refractivity contribution < 1.29 is 10.2 Å². The maximum absolute atomic E-state index is 11.6. The summed E-state index contributed by atoms with van der Waals surface area (Å²) in [5.74, 6) is 1.76. The molecule has 3 rings (SSSR count). The summed E-state index contributed by atoms with van der Waals surface area (Å²) in [6.07, 6.45) is 11.6. The Morgan fingerprint density at radius 1 is 1.07 bits per heavy atom. The lowest BCUT2D eigenvalue weighted by Gasteiger charge is -2.38. The zero-order valence-corrected chi connectivity index (χ0v) is 17.9. The van der Waals surface area contributed by atoms with Crippen molar-refractivity contribution in [2.75, 3.05) is 13.6 Å². The SMILES string of the molecule is C=C(C1CCCCC1)C1CCC(C)(O)C2CCC(O)(CCNC(N)=NC)C2C1. The molecule has 0 aromatic carbocycles. The summed E-state index contributed by atoms with van der Waals surface area (Å²) in [5.41, 5.74) is 5.70. The average Bonchev–Trinajstić information content (AvgIpc) is 2.94. The summed E-state index contributed by atoms with van der Waals surface area (Å²) in [6, 6.07) is 0. The maximum Gasteiger partial charge on any atom is 0.188 e. The minimum atomic E-state index is -0.745. The molecule has 3 aliphatic carbocycles. The molecule has 3 aliphatic rings. The number of fused-ring (bicyclic) bond motifs is 1. The van der Waals surface area contributed by atoms with Gasteiger partial charge in [0.05, 0.1) is 11.2 Å². The first-order valence-corrected chi connectivity index (χ1v) is 11.4. The Hall–Kier alpha value is -1.07. The van der Waals surface area contributed by atoms with Gasteiger partial charge in [0.1, 0.15) is 0 Å². The molecule has 5 atom stereocenters. The first kappa shape index (κ1) is 21.6. The normalized spacial score (nSPS) is 40.0. The van der Waals surface area contributed by atoms with E-state index in [1.165, 1.54) is 37.7 Å². The lowest BCUT2D eigenvalue weighted by molar-refractivity contribution is -0.0642. The van der Waals surface area contributed by atoms with Crippen LogP contribution in [0.4, 0.5) is 0 Å². The second-order valence-corrected chi connectivity index (χ2v) is 9.88. The largest absolute Gasteiger partial charge is 0.390 e. The molecule has 3 fully saturated rings. The smallest absolute Gasteiger partial charge is 0.188 e. The predicted molar refractivity (Wildman–Crippen MR) is 115 cm³/mol. The Labute approximate surface area is 170 Å². The lowest BCUT2D eigenvalue weighted by atomic mass is 9.72. The van der Waals surface area contributed by atoms with Crippen molar-refractivity contribution in [2.45, 2.75) is 88.8 Å². The number of hydrogen-bond donors (Lipinski definition) is 4. The van der Waals surface area contributed by atoms with E-state index in [0.717, 1.165) is 32.1 Å². The minimum Gasteiger partial charge on any atom is -0.390 e. The Bertz CT molecular complexity index is 582. The van der Waals surface area contributed by atoms with Crippen molar-refractivity contribution in [3.05, 3.63) is 12.2 Å². The topological polar surface area (TPSA) is 90.9 Å². The van der Waals surface area contributed by atoms with Crippen molar-refractivity contribution >= 4 is 5.96 Å². The van der Waals surface area contributed by atoms with Crippen molar-refractivity contribution in [3.63, 3.8) is 0 Å². The molecule has 0 saturated heterocycles. The number of guanidine groups is 1. The first-order chi connectivity index (χ1) is 13.3. The fourth-order valence-corrected chi connectivity index (χ4v) is 6.31. The molecule has 5 nitrogen and oxygen atoms in total. The monoisotopic (exact) mass is 391 g/mol. The van der Waals surface area contributed by atoms with Crippen LogP contribution in [0.15, 0.2) is 17.1 Å². The zero-order chi connectivity index (χ0) is 20.4. The molecular weight excluding hydrogens is 350 g/mol. The number of nitrogens with two attached hydrogens (primary N) is 1. The number of nitrogens with one attached hydrogen (secondary N) is 1. The quantitative estimate of drug-likeness (QED) is 0.329. The number of aliphatic hydroxyl groups is 2. The highest BCUT2D eigenvalue weighted by Gasteiger charge is 2.54. The van der Waals surface area contributed by atoms with Gasteiger partial charge in [0, 0.05) is 13.6 Å². The minimum absolute atomic E-state index is 0.122. The second-order valence-electron chi connectivity index (χ2n) is 9.88. The van der Waals surface area contributed by atoms with Gasteiger partial charge in [-0.2, -0.15) is 0 Å². The molecule has 5 unspecified atom stereocenters. The molecule has 0 amide bonds. The van der Waals surface area contributed by atoms with E-state index >= 15 is 0 Å². The molecule has 160 valence electrons. The third-order valence-corrected chi connectivity index (χ3v) is 8.16. The van der Waals surface area contributed by atoms with Gasteiger partial charge in [-0.1, -0.05) is 31.4 Å². The van der Waals surface area contributed by atoms with E-state index in [1.807, 2.05) is 6.92 Å². The standard InChI is InChI=1S/C23H41N3O2/c1-16(17-7-5-4-6-8-17)18-9-11-22(2,27)19-10-12-23(28,20(19)15-18)13-14-26-21(24)25-3/h17-20,27-28H,1,4-15H2,2-3H3,(H3,24,25,26). The highest BCUT2D eigenvalue weighted by molar-refractivity contribution is 5.77. The average molecular weight is 392 g/mol. The second kappa shape index (κ2) is 8.74. The van der Waals surface area contributed by atoms with Crippen LogP contribution in [-0.2, 0) is 0 Å². The molecule has 0 bridgehead atoms. The van der Waals surface area contributed by atoms with Crippen LogP contribution in [0.3, 0.4) is 0 Å². The van der Waals surface area contributed by atoms with Gasteiger partial charge < -0.3 is 21.3 Å². The van der Waals surface area contributed by atoms with Crippen LogP contribution in [0.5, 0.6) is 0 Å². The van der Waals surface area contributed by atoms with E-state index in [4.69, 9.17) is 5.73 Å². The van der Waals surface area contributed by atoms with Gasteiger partial charge in [0.2, 0.25) is 0 Å². The maximum atomic E-state index is 11.6. The molecule has 0 aromatic rings. The summed E-state index contributed by atoms with van der Waals surface area (Å²) in [5, 5.41) is 25.9. The van der Waals surface area contributed by atoms with E-state index in [9.17, 15) is 10.2 Å². The van der Waals surface area contributed by atoms with Crippen molar-refractivity contribution in [2.24, 2.45) is 34.4 Å². The summed E-state index contributed by atoms with van der Waals surface area (Å²) in [7, 11) is 1.66. The van der Waals surface area contributed by atoms with Crippen LogP contribution in [-0.4, -0.2) is 41.0 Å². The van der Waals surface area contributed by atoms with E-state index < -0.39 is 11.2 Å². The Morgan fingerprint density at radius 3 is 2.46 bits per heavy atom. The molecular formula is C23H41N3O2. The highest BCUT2D eigenvalue weighted by atomic mass is 16.3. The van der Waals surface area contributed by atoms with Gasteiger partial charge in [0.15, 0.2) is 5.96 Å². The number of rotatable bonds is 5. The molecule has 0 aliphatic heterocycles. The van der Waals surface area contributed by atoms with Gasteiger partial charge in [-0.25, -0.2) is 0 Å². The Kier molecular flexibility index (Phi) is 6.76. The van der Waals surface area contributed by atoms with Crippen LogP contribution >= 0.6 is 0 Å². The number of hydrogen-bond acceptors (Lipinski definition) is 3. The summed E-state index contributed by atoms with van der Waals surface area (Å²) in [4.78, 5) is 3.93. The fraction of sp³-hybridized carbons (Fsp3) is 0.870. The van der Waals surface area contributed by atoms with Crippen molar-refractivity contribution in [1.82, 2.24) is 5.32 Å². The van der Waals surface area contributed by atoms with Gasteiger partial charge in [-0.15, -0.1) is 0 Å². The van der Waals surface area contributed by atoms with Crippen molar-refractivity contribution in [3.8, 4) is 0 Å². The first-order valence-electron chi connectivity index (χ1n) is 11.4. The molecule has 5 heteroatoms. The van der Waals surface area contributed by atoms with Gasteiger partial charge >= 0.3 is 0 Å². The van der Waals surface area contributed by atoms with E-state index in [0.29, 0.717) is 30.8 Å². The fourth-order valence-electron chi connectivity index (χ4n) is 6.31. The van der Waals surface area contributed by atoms with E-state index in [-0.39, 0.29) is 11.8 Å². The zero-order valence-electron chi connectivity index (χ0n) is 17.9. The Balaban J connectivity index is 1.73. The van der Waals surface area contributed by atoms with Crippen LogP contribution < -0.4 is 11.1 Å². The third-order valence-electron chi connectivity index (χ3n) is 8.16. The molecule has 0 spiro atoms. The van der Waals surface area contributed by atoms with Crippen LogP contribution in [0, 0.1) is 23.7 Å². The summed E-state index contributed by atoms with van der Waals surface area (Å²) >= 11 is 0. The predicted octanol–water partition coefficient (Wildman–Crippen LogP) is 3.36. The van der Waals surface area contributed by atoms with Crippen LogP contribution in [0.25, 0.3) is 0 Å². The summed E-state index contributed by atoms with van der Waals surface area (Å²) < 4.78 is 0. The summed E-state index contributed by atoms with van der Waals surface area (Å²) in [6.45, 7) is 7.14. The van der Waals surface area contributed by atoms with E-state index in [1.54, 1.807) is 7.05 Å². The van der Waals surface area contributed by atoms with Crippen molar-refractivity contribution in [1.29, 1.82) is 0 Å². The molecule has 3 saturated carbocycles. The number of nitrogens with zero attached hydrogens (tertiary/aromatic N) is 1. The molecule has 5 N–H and O–H groups in total. The van der Waals surface area contributed by atoms with Crippen LogP contribution in [0.2, 0.25) is 0 Å². The van der Waals surface area contributed by atoms with Gasteiger partial charge in [0.25, 0.3) is 0 Å². The molecule has 0 heterocycles. The van der Waals surface area contributed by atoms with Gasteiger partial charge in [-0.05, 0) is 82.0 Å². The number of allylic oxidation sites excluding steroid dienone is 1. The lowest BCUT2D eigenvalue weighted by Crippen LogP contribution is -2.44. The van der Waals surface area contributed by atoms with Gasteiger partial charge in [-0.3, -0.25) is 4.99 Å². The number of aliphatic imine (C=N–C) groups is 1. The van der Waals surface area contributed by atoms with E-state index in [2.05, 4.69) is 16.9 Å².